The molecule has 156 valence electrons. The van der Waals surface area contributed by atoms with Crippen molar-refractivity contribution in [3.8, 4) is 11.5 Å². The molecule has 29 heavy (non-hydrogen) atoms. The van der Waals surface area contributed by atoms with Crippen LogP contribution in [0.15, 0.2) is 42.5 Å². The predicted molar refractivity (Wildman–Crippen MR) is 110 cm³/mol. The molecule has 1 aliphatic heterocycles. The van der Waals surface area contributed by atoms with Gasteiger partial charge in [0.15, 0.2) is 11.5 Å². The lowest BCUT2D eigenvalue weighted by Crippen LogP contribution is -3.13. The number of nitrogens with one attached hydrogen (secondary N) is 1. The maximum absolute atomic E-state index is 13.8. The normalized spacial score (nSPS) is 29.2. The number of halogens is 1. The Morgan fingerprint density at radius 2 is 1.90 bits per heavy atom. The topological polar surface area (TPSA) is 43.1 Å². The number of quaternary nitrogens is 1. The van der Waals surface area contributed by atoms with Crippen molar-refractivity contribution in [2.45, 2.75) is 50.3 Å². The lowest BCUT2D eigenvalue weighted by atomic mass is 9.66. The second-order valence-electron chi connectivity index (χ2n) is 8.51. The van der Waals surface area contributed by atoms with E-state index >= 15 is 0 Å². The molecule has 2 aromatic carbocycles. The number of hydrogen-bond acceptors (Lipinski definition) is 3. The van der Waals surface area contributed by atoms with Crippen LogP contribution in [-0.2, 0) is 6.54 Å². The molecule has 4 nitrogen and oxygen atoms in total. The Hall–Kier alpha value is -2.11. The van der Waals surface area contributed by atoms with Crippen LogP contribution in [0.2, 0.25) is 0 Å². The van der Waals surface area contributed by atoms with Gasteiger partial charge in [-0.05, 0) is 43.2 Å². The Labute approximate surface area is 172 Å². The van der Waals surface area contributed by atoms with Gasteiger partial charge in [-0.15, -0.1) is 0 Å². The van der Waals surface area contributed by atoms with Crippen molar-refractivity contribution in [2.75, 3.05) is 20.8 Å². The molecule has 2 aliphatic rings. The molecular weight excluding hydrogens is 369 g/mol. The van der Waals surface area contributed by atoms with Crippen LogP contribution in [0.3, 0.4) is 0 Å². The third-order valence-corrected chi connectivity index (χ3v) is 6.87. The molecule has 1 heterocycles. The monoisotopic (exact) mass is 400 g/mol. The summed E-state index contributed by atoms with van der Waals surface area (Å²) < 4.78 is 24.7. The van der Waals surface area contributed by atoms with Crippen molar-refractivity contribution in [1.82, 2.24) is 0 Å². The highest BCUT2D eigenvalue weighted by Gasteiger charge is 2.51. The van der Waals surface area contributed by atoms with E-state index in [1.54, 1.807) is 26.4 Å². The first-order valence-corrected chi connectivity index (χ1v) is 10.6. The number of rotatable bonds is 5. The average Bonchev–Trinajstić information content (AvgIpc) is 2.73. The number of hydrogen-bond donors (Lipinski definition) is 2. The molecule has 5 heteroatoms. The highest BCUT2D eigenvalue weighted by Crippen LogP contribution is 2.45. The zero-order valence-corrected chi connectivity index (χ0v) is 17.3. The van der Waals surface area contributed by atoms with Crippen LogP contribution >= 0.6 is 0 Å². The molecule has 1 saturated carbocycles. The summed E-state index contributed by atoms with van der Waals surface area (Å²) in [5, 5.41) is 11.4. The Morgan fingerprint density at radius 1 is 1.07 bits per heavy atom. The van der Waals surface area contributed by atoms with Crippen molar-refractivity contribution in [3.63, 3.8) is 0 Å². The largest absolute Gasteiger partial charge is 0.493 e. The van der Waals surface area contributed by atoms with E-state index in [4.69, 9.17) is 9.47 Å². The average molecular weight is 401 g/mol. The van der Waals surface area contributed by atoms with Gasteiger partial charge in [0.1, 0.15) is 18.4 Å². The van der Waals surface area contributed by atoms with Crippen LogP contribution in [-0.4, -0.2) is 31.5 Å². The molecular formula is C24H31FNO3+. The summed E-state index contributed by atoms with van der Waals surface area (Å²) in [6, 6.07) is 13.1. The quantitative estimate of drug-likeness (QED) is 0.809. The fourth-order valence-corrected chi connectivity index (χ4v) is 5.48. The summed E-state index contributed by atoms with van der Waals surface area (Å²) in [6.07, 6.45) is 4.91. The highest BCUT2D eigenvalue weighted by molar-refractivity contribution is 5.43. The van der Waals surface area contributed by atoms with Gasteiger partial charge in [-0.3, -0.25) is 0 Å². The van der Waals surface area contributed by atoms with Gasteiger partial charge in [-0.1, -0.05) is 25.0 Å². The predicted octanol–water partition coefficient (Wildman–Crippen LogP) is 3.29. The Morgan fingerprint density at radius 3 is 2.66 bits per heavy atom. The molecule has 1 aliphatic carbocycles. The zero-order valence-electron chi connectivity index (χ0n) is 17.3. The molecule has 4 atom stereocenters. The van der Waals surface area contributed by atoms with Gasteiger partial charge < -0.3 is 19.5 Å². The van der Waals surface area contributed by atoms with E-state index in [0.29, 0.717) is 11.5 Å². The first kappa shape index (κ1) is 20.2. The fraction of sp³-hybridized carbons (Fsp3) is 0.500. The zero-order chi connectivity index (χ0) is 20.4. The maximum Gasteiger partial charge on any atom is 0.161 e. The van der Waals surface area contributed by atoms with E-state index in [2.05, 4.69) is 12.1 Å². The van der Waals surface area contributed by atoms with Gasteiger partial charge in [0.2, 0.25) is 0 Å². The molecule has 1 unspecified atom stereocenters. The van der Waals surface area contributed by atoms with Crippen molar-refractivity contribution >= 4 is 0 Å². The molecule has 1 saturated heterocycles. The van der Waals surface area contributed by atoms with E-state index in [0.717, 1.165) is 56.3 Å². The van der Waals surface area contributed by atoms with Gasteiger partial charge in [0, 0.05) is 23.5 Å². The summed E-state index contributed by atoms with van der Waals surface area (Å²) in [7, 11) is 3.29. The van der Waals surface area contributed by atoms with Crippen molar-refractivity contribution in [3.05, 3.63) is 59.4 Å². The summed E-state index contributed by atoms with van der Waals surface area (Å²) >= 11 is 0. The Bertz CT molecular complexity index is 858. The number of benzene rings is 2. The minimum atomic E-state index is -0.610. The van der Waals surface area contributed by atoms with E-state index in [-0.39, 0.29) is 17.8 Å². The highest BCUT2D eigenvalue weighted by atomic mass is 19.1. The number of piperidine rings is 1. The molecule has 0 amide bonds. The second-order valence-corrected chi connectivity index (χ2v) is 8.51. The van der Waals surface area contributed by atoms with Crippen molar-refractivity contribution in [1.29, 1.82) is 0 Å². The van der Waals surface area contributed by atoms with Gasteiger partial charge in [-0.25, -0.2) is 4.39 Å². The van der Waals surface area contributed by atoms with Gasteiger partial charge >= 0.3 is 0 Å². The maximum atomic E-state index is 13.8. The number of ether oxygens (including phenoxy) is 2. The Balaban J connectivity index is 1.72. The van der Waals surface area contributed by atoms with Gasteiger partial charge in [0.05, 0.1) is 26.4 Å². The van der Waals surface area contributed by atoms with Gasteiger partial charge in [0.25, 0.3) is 0 Å². The molecule has 0 radical (unpaired) electrons. The summed E-state index contributed by atoms with van der Waals surface area (Å²) in [5.74, 6) is 1.40. The van der Waals surface area contributed by atoms with Crippen molar-refractivity contribution in [2.24, 2.45) is 5.92 Å². The lowest BCUT2D eigenvalue weighted by molar-refractivity contribution is -0.958. The van der Waals surface area contributed by atoms with Crippen LogP contribution in [0.25, 0.3) is 0 Å². The van der Waals surface area contributed by atoms with Crippen LogP contribution in [0.4, 0.5) is 4.39 Å². The molecule has 4 rings (SSSR count). The van der Waals surface area contributed by atoms with E-state index in [1.165, 1.54) is 11.0 Å². The van der Waals surface area contributed by atoms with E-state index < -0.39 is 5.60 Å². The third kappa shape index (κ3) is 3.99. The van der Waals surface area contributed by atoms with E-state index in [1.807, 2.05) is 12.1 Å². The minimum absolute atomic E-state index is 0.136. The van der Waals surface area contributed by atoms with Crippen LogP contribution in [0, 0.1) is 11.7 Å². The minimum Gasteiger partial charge on any atom is -0.493 e. The second kappa shape index (κ2) is 8.33. The van der Waals surface area contributed by atoms with E-state index in [9.17, 15) is 9.50 Å². The number of methoxy groups -OCH3 is 2. The van der Waals surface area contributed by atoms with Crippen LogP contribution in [0.1, 0.15) is 49.3 Å². The third-order valence-electron chi connectivity index (χ3n) is 6.87. The van der Waals surface area contributed by atoms with Gasteiger partial charge in [-0.2, -0.15) is 0 Å². The molecule has 2 N–H and O–H groups in total. The molecule has 0 spiro atoms. The lowest BCUT2D eigenvalue weighted by Gasteiger charge is -2.50. The van der Waals surface area contributed by atoms with Crippen molar-refractivity contribution < 1.29 is 23.9 Å². The fourth-order valence-electron chi connectivity index (χ4n) is 5.48. The number of fused-ring (bicyclic) bond motifs is 1. The summed E-state index contributed by atoms with van der Waals surface area (Å²) in [6.45, 7) is 1.60. The smallest absolute Gasteiger partial charge is 0.161 e. The molecule has 2 fully saturated rings. The number of likely N-dealkylation sites (tertiary alicyclic amines) is 1. The standard InChI is InChI=1S/C24H30FNO3/c1-28-21-10-9-18(15-22(21)29-2)23-20-8-3-4-11-24(20,27)12-13-26(23)16-17-6-5-7-19(25)14-17/h5-7,9-10,14-15,20,23,27H,3-4,8,11-13,16H2,1-2H3/p+1/t20-,23-,24+/m1/s1. The molecule has 0 aromatic heterocycles. The molecule has 2 aromatic rings. The van der Waals surface area contributed by atoms with Crippen LogP contribution < -0.4 is 14.4 Å². The Kier molecular flexibility index (Phi) is 5.79. The summed E-state index contributed by atoms with van der Waals surface area (Å²) in [5.41, 5.74) is 1.53. The first-order valence-electron chi connectivity index (χ1n) is 10.6. The number of aliphatic hydroxyl groups is 1. The summed E-state index contributed by atoms with van der Waals surface area (Å²) in [4.78, 5) is 1.37. The SMILES string of the molecule is COc1ccc([C@@H]2[C@H]3CCCC[C@]3(O)CC[NH+]2Cc2cccc(F)c2)cc1OC. The molecule has 0 bridgehead atoms. The van der Waals surface area contributed by atoms with Crippen LogP contribution in [0.5, 0.6) is 11.5 Å². The first-order chi connectivity index (χ1) is 14.0.